The van der Waals surface area contributed by atoms with Crippen molar-refractivity contribution in [2.75, 3.05) is 0 Å². The molecule has 1 N–H and O–H groups in total. The number of hydrogen-bond donors (Lipinski definition) is 1. The maximum absolute atomic E-state index is 11.9. The van der Waals surface area contributed by atoms with Crippen LogP contribution in [0.5, 0.6) is 5.75 Å². The quantitative estimate of drug-likeness (QED) is 0.652. The van der Waals surface area contributed by atoms with Gasteiger partial charge in [0.25, 0.3) is 0 Å². The van der Waals surface area contributed by atoms with Crippen LogP contribution in [0.2, 0.25) is 0 Å². The van der Waals surface area contributed by atoms with E-state index in [-0.39, 0.29) is 11.3 Å². The third kappa shape index (κ3) is 3.42. The van der Waals surface area contributed by atoms with Crippen LogP contribution in [0, 0.1) is 0 Å². The number of hydrogen-bond acceptors (Lipinski definition) is 4. The van der Waals surface area contributed by atoms with Gasteiger partial charge in [-0.1, -0.05) is 31.7 Å². The second-order valence-electron chi connectivity index (χ2n) is 5.06. The number of rotatable bonds is 6. The smallest absolute Gasteiger partial charge is 0.351 e. The van der Waals surface area contributed by atoms with Crippen LogP contribution in [0.1, 0.15) is 48.5 Å². The summed E-state index contributed by atoms with van der Waals surface area (Å²) >= 11 is 0. The Kier molecular flexibility index (Phi) is 4.62. The molecule has 2 aromatic rings. The molecule has 21 heavy (non-hydrogen) atoms. The highest BCUT2D eigenvalue weighted by atomic mass is 16.4. The van der Waals surface area contributed by atoms with Gasteiger partial charge in [-0.2, -0.15) is 0 Å². The van der Waals surface area contributed by atoms with Gasteiger partial charge in [0.15, 0.2) is 0 Å². The number of aromatic carboxylic acids is 1. The number of carboxylic acids is 1. The van der Waals surface area contributed by atoms with Crippen molar-refractivity contribution in [2.24, 2.45) is 0 Å². The summed E-state index contributed by atoms with van der Waals surface area (Å²) in [6.07, 6.45) is 4.86. The molecule has 0 aliphatic heterocycles. The number of benzene rings is 1. The van der Waals surface area contributed by atoms with E-state index >= 15 is 0 Å². The Labute approximate surface area is 121 Å². The van der Waals surface area contributed by atoms with Crippen molar-refractivity contribution in [1.82, 2.24) is 0 Å². The fourth-order valence-corrected chi connectivity index (χ4v) is 2.28. The summed E-state index contributed by atoms with van der Waals surface area (Å²) in [5, 5.41) is 21.3. The van der Waals surface area contributed by atoms with Gasteiger partial charge in [0.05, 0.1) is 0 Å². The molecule has 0 atom stereocenters. The van der Waals surface area contributed by atoms with E-state index in [1.807, 2.05) is 0 Å². The number of fused-ring (bicyclic) bond motifs is 1. The second-order valence-corrected chi connectivity index (χ2v) is 5.06. The molecule has 0 radical (unpaired) electrons. The van der Waals surface area contributed by atoms with Crippen LogP contribution in [0.3, 0.4) is 0 Å². The zero-order chi connectivity index (χ0) is 15.4. The van der Waals surface area contributed by atoms with Gasteiger partial charge in [-0.15, -0.1) is 5.75 Å². The maximum Gasteiger partial charge on any atom is 0.351 e. The molecule has 1 aromatic heterocycles. The highest BCUT2D eigenvalue weighted by Gasteiger charge is 2.12. The van der Waals surface area contributed by atoms with Gasteiger partial charge >= 0.3 is 11.6 Å². The lowest BCUT2D eigenvalue weighted by molar-refractivity contribution is -0.269. The molecule has 0 spiro atoms. The molecule has 0 aliphatic carbocycles. The maximum atomic E-state index is 11.9. The molecule has 0 saturated carbocycles. The molecular formula is C16H17O5-. The fourth-order valence-electron chi connectivity index (χ4n) is 2.28. The first-order valence-corrected chi connectivity index (χ1v) is 7.04. The largest absolute Gasteiger partial charge is 0.872 e. The van der Waals surface area contributed by atoms with Gasteiger partial charge in [-0.05, 0) is 31.0 Å². The molecule has 5 heteroatoms. The van der Waals surface area contributed by atoms with E-state index in [9.17, 15) is 14.7 Å². The Balaban J connectivity index is 2.36. The lowest BCUT2D eigenvalue weighted by atomic mass is 10.0. The van der Waals surface area contributed by atoms with Crippen LogP contribution in [0.15, 0.2) is 27.4 Å². The van der Waals surface area contributed by atoms with Crippen LogP contribution in [-0.2, 0) is 6.42 Å². The molecule has 0 unspecified atom stereocenters. The van der Waals surface area contributed by atoms with Crippen molar-refractivity contribution in [2.45, 2.75) is 39.0 Å². The van der Waals surface area contributed by atoms with Crippen LogP contribution in [-0.4, -0.2) is 11.1 Å². The summed E-state index contributed by atoms with van der Waals surface area (Å²) in [7, 11) is 0. The van der Waals surface area contributed by atoms with Gasteiger partial charge in [-0.3, -0.25) is 0 Å². The summed E-state index contributed by atoms with van der Waals surface area (Å²) < 4.78 is 4.90. The molecule has 0 aliphatic rings. The lowest BCUT2D eigenvalue weighted by Gasteiger charge is -2.14. The first-order valence-electron chi connectivity index (χ1n) is 7.04. The minimum atomic E-state index is -1.33. The first-order chi connectivity index (χ1) is 10.0. The monoisotopic (exact) mass is 289 g/mol. The zero-order valence-electron chi connectivity index (χ0n) is 11.8. The van der Waals surface area contributed by atoms with Gasteiger partial charge in [0.2, 0.25) is 0 Å². The summed E-state index contributed by atoms with van der Waals surface area (Å²) in [6.45, 7) is 2.12. The van der Waals surface area contributed by atoms with Crippen molar-refractivity contribution in [3.8, 4) is 5.75 Å². The molecule has 5 nitrogen and oxygen atoms in total. The highest BCUT2D eigenvalue weighted by Crippen LogP contribution is 2.24. The Bertz CT molecular complexity index is 714. The third-order valence-electron chi connectivity index (χ3n) is 3.45. The van der Waals surface area contributed by atoms with Crippen molar-refractivity contribution in [3.05, 3.63) is 39.7 Å². The van der Waals surface area contributed by atoms with Crippen molar-refractivity contribution >= 4 is 16.9 Å². The zero-order valence-corrected chi connectivity index (χ0v) is 11.8. The molecule has 0 fully saturated rings. The molecule has 112 valence electrons. The number of carbonyl (C=O) groups is 1. The third-order valence-corrected chi connectivity index (χ3v) is 3.45. The Morgan fingerprint density at radius 2 is 2.00 bits per heavy atom. The van der Waals surface area contributed by atoms with Gasteiger partial charge in [0, 0.05) is 5.39 Å². The van der Waals surface area contributed by atoms with Gasteiger partial charge in [-0.25, -0.2) is 9.59 Å². The first kappa shape index (κ1) is 15.1. The van der Waals surface area contributed by atoms with Gasteiger partial charge in [0.1, 0.15) is 11.1 Å². The van der Waals surface area contributed by atoms with Gasteiger partial charge < -0.3 is 14.6 Å². The Morgan fingerprint density at radius 3 is 2.67 bits per heavy atom. The highest BCUT2D eigenvalue weighted by molar-refractivity contribution is 5.92. The molecule has 1 heterocycles. The molecule has 0 saturated heterocycles. The summed E-state index contributed by atoms with van der Waals surface area (Å²) in [6, 6.07) is 4.15. The van der Waals surface area contributed by atoms with Crippen molar-refractivity contribution in [1.29, 1.82) is 0 Å². The number of aryl methyl sites for hydroxylation is 1. The normalized spacial score (nSPS) is 10.9. The van der Waals surface area contributed by atoms with E-state index in [0.29, 0.717) is 17.4 Å². The SMILES string of the molecule is CCCCCCc1cc2cc(C(=O)O)c(=O)oc2cc1[O-]. The topological polar surface area (TPSA) is 90.6 Å². The molecule has 1 aromatic carbocycles. The second kappa shape index (κ2) is 6.43. The molecule has 2 rings (SSSR count). The fraction of sp³-hybridized carbons (Fsp3) is 0.375. The number of carboxylic acid groups (broad SMARTS) is 1. The Morgan fingerprint density at radius 1 is 1.24 bits per heavy atom. The van der Waals surface area contributed by atoms with E-state index < -0.39 is 17.2 Å². The van der Waals surface area contributed by atoms with E-state index in [4.69, 9.17) is 9.52 Å². The van der Waals surface area contributed by atoms with Crippen molar-refractivity contribution < 1.29 is 19.4 Å². The van der Waals surface area contributed by atoms with Crippen LogP contribution in [0.25, 0.3) is 11.0 Å². The molecular weight excluding hydrogens is 272 g/mol. The number of unbranched alkanes of at least 4 members (excludes halogenated alkanes) is 3. The average molecular weight is 289 g/mol. The minimum Gasteiger partial charge on any atom is -0.872 e. The minimum absolute atomic E-state index is 0.132. The van der Waals surface area contributed by atoms with E-state index in [1.54, 1.807) is 6.07 Å². The predicted octanol–water partition coefficient (Wildman–Crippen LogP) is 2.69. The summed E-state index contributed by atoms with van der Waals surface area (Å²) in [4.78, 5) is 22.4. The molecule has 0 amide bonds. The summed E-state index contributed by atoms with van der Waals surface area (Å²) in [5.41, 5.74) is -0.598. The predicted molar refractivity (Wildman–Crippen MR) is 76.7 cm³/mol. The lowest BCUT2D eigenvalue weighted by Crippen LogP contribution is -2.13. The summed E-state index contributed by atoms with van der Waals surface area (Å²) in [5.74, 6) is -1.51. The molecule has 0 bridgehead atoms. The van der Waals surface area contributed by atoms with Crippen molar-refractivity contribution in [3.63, 3.8) is 0 Å². The van der Waals surface area contributed by atoms with Crippen LogP contribution >= 0.6 is 0 Å². The van der Waals surface area contributed by atoms with E-state index in [1.165, 1.54) is 12.1 Å². The van der Waals surface area contributed by atoms with E-state index in [2.05, 4.69) is 6.92 Å². The van der Waals surface area contributed by atoms with Crippen LogP contribution in [0.4, 0.5) is 0 Å². The van der Waals surface area contributed by atoms with Crippen LogP contribution < -0.4 is 10.7 Å². The Hall–Kier alpha value is -2.30. The standard InChI is InChI=1S/C16H18O5/c1-2-3-4-5-6-10-7-11-8-12(15(18)19)16(20)21-14(11)9-13(10)17/h7-9,17H,2-6H2,1H3,(H,18,19)/p-1. The van der Waals surface area contributed by atoms with E-state index in [0.717, 1.165) is 25.7 Å². The average Bonchev–Trinajstić information content (AvgIpc) is 2.43.